The number of thiazole rings is 1. The minimum Gasteiger partial charge on any atom is -0.497 e. The third-order valence-electron chi connectivity index (χ3n) is 3.74. The van der Waals surface area contributed by atoms with Crippen LogP contribution in [0, 0.1) is 5.82 Å². The van der Waals surface area contributed by atoms with Crippen molar-refractivity contribution >= 4 is 22.4 Å². The first-order valence-electron chi connectivity index (χ1n) is 7.82. The minimum absolute atomic E-state index is 0.0482. The van der Waals surface area contributed by atoms with E-state index in [0.29, 0.717) is 27.9 Å². The van der Waals surface area contributed by atoms with Gasteiger partial charge < -0.3 is 14.8 Å². The number of hydrogen-bond acceptors (Lipinski definition) is 5. The summed E-state index contributed by atoms with van der Waals surface area (Å²) in [7, 11) is 3.15. The molecule has 0 aliphatic carbocycles. The van der Waals surface area contributed by atoms with Crippen molar-refractivity contribution in [1.29, 1.82) is 0 Å². The van der Waals surface area contributed by atoms with Crippen molar-refractivity contribution in [1.82, 2.24) is 4.98 Å². The maximum Gasteiger partial charge on any atom is 0.230 e. The number of aromatic nitrogens is 1. The number of halogens is 1. The molecule has 26 heavy (non-hydrogen) atoms. The fourth-order valence-electron chi connectivity index (χ4n) is 2.44. The van der Waals surface area contributed by atoms with E-state index in [9.17, 15) is 9.18 Å². The van der Waals surface area contributed by atoms with Gasteiger partial charge in [-0.2, -0.15) is 0 Å². The molecule has 1 heterocycles. The molecule has 1 aromatic heterocycles. The number of benzene rings is 2. The molecule has 0 radical (unpaired) electrons. The number of nitrogens with zero attached hydrogens (tertiary/aromatic N) is 1. The number of anilines is 1. The van der Waals surface area contributed by atoms with Crippen molar-refractivity contribution in [3.63, 3.8) is 0 Å². The van der Waals surface area contributed by atoms with Gasteiger partial charge in [-0.05, 0) is 23.8 Å². The fourth-order valence-corrected chi connectivity index (χ4v) is 3.17. The molecule has 0 unspecified atom stereocenters. The largest absolute Gasteiger partial charge is 0.497 e. The van der Waals surface area contributed by atoms with Crippen LogP contribution >= 0.6 is 11.3 Å². The van der Waals surface area contributed by atoms with Crippen LogP contribution in [0.1, 0.15) is 5.56 Å². The first-order valence-corrected chi connectivity index (χ1v) is 8.70. The quantitative estimate of drug-likeness (QED) is 0.706. The summed E-state index contributed by atoms with van der Waals surface area (Å²) < 4.78 is 24.2. The van der Waals surface area contributed by atoms with Crippen LogP contribution in [0.15, 0.2) is 47.8 Å². The lowest BCUT2D eigenvalue weighted by atomic mass is 10.1. The van der Waals surface area contributed by atoms with Gasteiger partial charge in [-0.3, -0.25) is 4.79 Å². The highest BCUT2D eigenvalue weighted by molar-refractivity contribution is 7.14. The predicted octanol–water partition coefficient (Wildman–Crippen LogP) is 4.15. The molecule has 3 aromatic rings. The van der Waals surface area contributed by atoms with Crippen molar-refractivity contribution in [3.8, 4) is 22.8 Å². The van der Waals surface area contributed by atoms with E-state index in [2.05, 4.69) is 10.3 Å². The van der Waals surface area contributed by atoms with Crippen LogP contribution in [0.25, 0.3) is 11.3 Å². The molecular formula is C19H17FN2O3S. The van der Waals surface area contributed by atoms with E-state index >= 15 is 0 Å². The highest BCUT2D eigenvalue weighted by Crippen LogP contribution is 2.34. The van der Waals surface area contributed by atoms with Gasteiger partial charge in [-0.1, -0.05) is 18.2 Å². The Morgan fingerprint density at radius 1 is 1.19 bits per heavy atom. The molecule has 0 saturated carbocycles. The average Bonchev–Trinajstić information content (AvgIpc) is 3.11. The predicted molar refractivity (Wildman–Crippen MR) is 99.4 cm³/mol. The van der Waals surface area contributed by atoms with Gasteiger partial charge in [0.2, 0.25) is 5.91 Å². The Kier molecular flexibility index (Phi) is 5.48. The van der Waals surface area contributed by atoms with Gasteiger partial charge >= 0.3 is 0 Å². The topological polar surface area (TPSA) is 60.5 Å². The first-order chi connectivity index (χ1) is 12.6. The molecular weight excluding hydrogens is 355 g/mol. The zero-order valence-corrected chi connectivity index (χ0v) is 15.1. The molecule has 2 aromatic carbocycles. The van der Waals surface area contributed by atoms with E-state index in [1.807, 2.05) is 17.5 Å². The lowest BCUT2D eigenvalue weighted by Gasteiger charge is -2.08. The molecule has 0 spiro atoms. The summed E-state index contributed by atoms with van der Waals surface area (Å²) in [6.45, 7) is 0. The summed E-state index contributed by atoms with van der Waals surface area (Å²) in [5.41, 5.74) is 1.81. The van der Waals surface area contributed by atoms with Gasteiger partial charge in [0.15, 0.2) is 5.13 Å². The third-order valence-corrected chi connectivity index (χ3v) is 4.50. The number of amides is 1. The molecule has 7 heteroatoms. The number of carbonyl (C=O) groups is 1. The summed E-state index contributed by atoms with van der Waals surface area (Å²) in [5.74, 6) is 0.585. The molecule has 0 saturated heterocycles. The van der Waals surface area contributed by atoms with Gasteiger partial charge in [0.25, 0.3) is 0 Å². The van der Waals surface area contributed by atoms with Crippen LogP contribution in [-0.4, -0.2) is 25.1 Å². The van der Waals surface area contributed by atoms with E-state index in [1.54, 1.807) is 38.5 Å². The Labute approximate surface area is 154 Å². The average molecular weight is 372 g/mol. The fraction of sp³-hybridized carbons (Fsp3) is 0.158. The summed E-state index contributed by atoms with van der Waals surface area (Å²) in [5, 5.41) is 4.97. The Morgan fingerprint density at radius 2 is 2.00 bits per heavy atom. The molecule has 0 fully saturated rings. The van der Waals surface area contributed by atoms with Crippen LogP contribution in [0.3, 0.4) is 0 Å². The number of methoxy groups -OCH3 is 2. The standard InChI is InChI=1S/C19H17FN2O3S/c1-24-13-7-8-14(17(10-13)25-2)16-11-26-19(21-16)22-18(23)9-12-5-3-4-6-15(12)20/h3-8,10-11H,9H2,1-2H3,(H,21,22,23). The highest BCUT2D eigenvalue weighted by atomic mass is 32.1. The first kappa shape index (κ1) is 17.9. The van der Waals surface area contributed by atoms with Gasteiger partial charge in [-0.25, -0.2) is 9.37 Å². The number of carbonyl (C=O) groups excluding carboxylic acids is 1. The molecule has 3 rings (SSSR count). The van der Waals surface area contributed by atoms with E-state index in [1.165, 1.54) is 17.4 Å². The number of rotatable bonds is 6. The zero-order valence-electron chi connectivity index (χ0n) is 14.3. The normalized spacial score (nSPS) is 10.4. The summed E-state index contributed by atoms with van der Waals surface area (Å²) in [6, 6.07) is 11.6. The van der Waals surface area contributed by atoms with E-state index in [-0.39, 0.29) is 12.3 Å². The molecule has 5 nitrogen and oxygen atoms in total. The van der Waals surface area contributed by atoms with Crippen molar-refractivity contribution in [2.45, 2.75) is 6.42 Å². The van der Waals surface area contributed by atoms with Gasteiger partial charge in [0.1, 0.15) is 17.3 Å². The Morgan fingerprint density at radius 3 is 2.73 bits per heavy atom. The molecule has 0 atom stereocenters. The zero-order chi connectivity index (χ0) is 18.5. The van der Waals surface area contributed by atoms with Crippen LogP contribution in [0.2, 0.25) is 0 Å². The van der Waals surface area contributed by atoms with Crippen molar-refractivity contribution in [2.24, 2.45) is 0 Å². The number of ether oxygens (including phenoxy) is 2. The SMILES string of the molecule is COc1ccc(-c2csc(NC(=O)Cc3ccccc3F)n2)c(OC)c1. The van der Waals surface area contributed by atoms with Crippen molar-refractivity contribution in [3.05, 3.63) is 59.2 Å². The maximum atomic E-state index is 13.6. The minimum atomic E-state index is -0.398. The summed E-state index contributed by atoms with van der Waals surface area (Å²) in [4.78, 5) is 16.6. The molecule has 1 amide bonds. The highest BCUT2D eigenvalue weighted by Gasteiger charge is 2.14. The second-order valence-corrected chi connectivity index (χ2v) is 6.28. The van der Waals surface area contributed by atoms with Crippen LogP contribution in [-0.2, 0) is 11.2 Å². The van der Waals surface area contributed by atoms with Crippen LogP contribution < -0.4 is 14.8 Å². The van der Waals surface area contributed by atoms with E-state index < -0.39 is 5.82 Å². The Hall–Kier alpha value is -2.93. The molecule has 0 aliphatic rings. The second-order valence-electron chi connectivity index (χ2n) is 5.42. The van der Waals surface area contributed by atoms with Crippen molar-refractivity contribution in [2.75, 3.05) is 19.5 Å². The van der Waals surface area contributed by atoms with Gasteiger partial charge in [-0.15, -0.1) is 11.3 Å². The number of nitrogens with one attached hydrogen (secondary N) is 1. The second kappa shape index (κ2) is 7.97. The lowest BCUT2D eigenvalue weighted by Crippen LogP contribution is -2.15. The van der Waals surface area contributed by atoms with Gasteiger partial charge in [0.05, 0.1) is 26.3 Å². The smallest absolute Gasteiger partial charge is 0.230 e. The molecule has 0 aliphatic heterocycles. The molecule has 134 valence electrons. The third kappa shape index (κ3) is 4.00. The van der Waals surface area contributed by atoms with Crippen molar-refractivity contribution < 1.29 is 18.7 Å². The van der Waals surface area contributed by atoms with E-state index in [4.69, 9.17) is 9.47 Å². The maximum absolute atomic E-state index is 13.6. The Balaban J connectivity index is 1.74. The van der Waals surface area contributed by atoms with Crippen LogP contribution in [0.4, 0.5) is 9.52 Å². The molecule has 0 bridgehead atoms. The Bertz CT molecular complexity index is 927. The van der Waals surface area contributed by atoms with Gasteiger partial charge in [0, 0.05) is 17.0 Å². The number of hydrogen-bond donors (Lipinski definition) is 1. The van der Waals surface area contributed by atoms with E-state index in [0.717, 1.165) is 5.56 Å². The lowest BCUT2D eigenvalue weighted by molar-refractivity contribution is -0.115. The summed E-state index contributed by atoms with van der Waals surface area (Å²) in [6.07, 6.45) is -0.0482. The monoisotopic (exact) mass is 372 g/mol. The van der Waals surface area contributed by atoms with Crippen LogP contribution in [0.5, 0.6) is 11.5 Å². The summed E-state index contributed by atoms with van der Waals surface area (Å²) >= 11 is 1.29. The molecule has 1 N–H and O–H groups in total.